The lowest BCUT2D eigenvalue weighted by Gasteiger charge is -2.24. The number of nitrogens with one attached hydrogen (secondary N) is 1. The molecule has 4 nitrogen and oxygen atoms in total. The van der Waals surface area contributed by atoms with Crippen LogP contribution in [0.3, 0.4) is 0 Å². The van der Waals surface area contributed by atoms with Gasteiger partial charge in [-0.2, -0.15) is 0 Å². The lowest BCUT2D eigenvalue weighted by molar-refractivity contribution is -0.147. The fraction of sp³-hybridized carbons (Fsp3) is 0.944. The van der Waals surface area contributed by atoms with Crippen molar-refractivity contribution in [2.75, 3.05) is 19.6 Å². The molecule has 2 rings (SSSR count). The van der Waals surface area contributed by atoms with Gasteiger partial charge in [0.2, 0.25) is 0 Å². The third kappa shape index (κ3) is 5.04. The molecule has 2 aliphatic heterocycles. The standard InChI is InChI=1S/C18H34N2O2/c1-13(2)14(3)8-6-7-9-20-11-15(19)10-16-17(12-20)22-18(4,5)21-16/h13-14,16-17,19H,6-12H2,1-5H3/t14-,16-,17+/m0/s1. The molecular formula is C18H34N2O2. The smallest absolute Gasteiger partial charge is 0.163 e. The Bertz CT molecular complexity index is 381. The first-order valence-electron chi connectivity index (χ1n) is 8.91. The molecule has 2 aliphatic rings. The van der Waals surface area contributed by atoms with Crippen LogP contribution < -0.4 is 0 Å². The van der Waals surface area contributed by atoms with Gasteiger partial charge in [0.1, 0.15) is 6.10 Å². The number of unbranched alkanes of at least 4 members (excludes halogenated alkanes) is 1. The Balaban J connectivity index is 1.78. The number of hydrogen-bond donors (Lipinski definition) is 1. The van der Waals surface area contributed by atoms with Crippen molar-refractivity contribution in [3.63, 3.8) is 0 Å². The molecule has 128 valence electrons. The molecule has 2 saturated heterocycles. The van der Waals surface area contributed by atoms with Crippen LogP contribution in [0, 0.1) is 17.2 Å². The number of hydrogen-bond acceptors (Lipinski definition) is 4. The number of likely N-dealkylation sites (tertiary alicyclic amines) is 1. The minimum atomic E-state index is -0.495. The molecule has 0 spiro atoms. The monoisotopic (exact) mass is 310 g/mol. The van der Waals surface area contributed by atoms with Crippen molar-refractivity contribution in [2.45, 2.75) is 78.3 Å². The van der Waals surface area contributed by atoms with Gasteiger partial charge in [-0.15, -0.1) is 0 Å². The molecule has 2 fully saturated rings. The van der Waals surface area contributed by atoms with Gasteiger partial charge in [0.25, 0.3) is 0 Å². The molecule has 2 heterocycles. The van der Waals surface area contributed by atoms with E-state index in [4.69, 9.17) is 14.9 Å². The number of ether oxygens (including phenoxy) is 2. The zero-order valence-electron chi connectivity index (χ0n) is 15.0. The Morgan fingerprint density at radius 1 is 1.18 bits per heavy atom. The fourth-order valence-electron chi connectivity index (χ4n) is 3.44. The zero-order valence-corrected chi connectivity index (χ0v) is 15.0. The first-order valence-corrected chi connectivity index (χ1v) is 8.91. The molecular weight excluding hydrogens is 276 g/mol. The Kier molecular flexibility index (Phi) is 6.03. The minimum Gasteiger partial charge on any atom is -0.344 e. The van der Waals surface area contributed by atoms with E-state index in [9.17, 15) is 0 Å². The summed E-state index contributed by atoms with van der Waals surface area (Å²) >= 11 is 0. The topological polar surface area (TPSA) is 45.6 Å². The van der Waals surface area contributed by atoms with Crippen LogP contribution in [-0.2, 0) is 9.47 Å². The van der Waals surface area contributed by atoms with E-state index in [1.165, 1.54) is 19.3 Å². The third-order valence-corrected chi connectivity index (χ3v) is 5.11. The molecule has 4 heteroatoms. The maximum absolute atomic E-state index is 8.17. The van der Waals surface area contributed by atoms with E-state index >= 15 is 0 Å². The predicted molar refractivity (Wildman–Crippen MR) is 90.5 cm³/mol. The molecule has 22 heavy (non-hydrogen) atoms. The van der Waals surface area contributed by atoms with Crippen molar-refractivity contribution in [1.82, 2.24) is 4.90 Å². The van der Waals surface area contributed by atoms with Crippen molar-refractivity contribution < 1.29 is 9.47 Å². The van der Waals surface area contributed by atoms with Gasteiger partial charge in [0.15, 0.2) is 5.79 Å². The van der Waals surface area contributed by atoms with Crippen LogP contribution in [0.2, 0.25) is 0 Å². The second-order valence-electron chi connectivity index (χ2n) is 7.97. The van der Waals surface area contributed by atoms with E-state index in [2.05, 4.69) is 25.7 Å². The van der Waals surface area contributed by atoms with Gasteiger partial charge in [-0.05, 0) is 38.6 Å². The molecule has 1 N–H and O–H groups in total. The normalized spacial score (nSPS) is 30.4. The number of rotatable bonds is 6. The van der Waals surface area contributed by atoms with Crippen molar-refractivity contribution in [1.29, 1.82) is 5.41 Å². The van der Waals surface area contributed by atoms with E-state index in [1.54, 1.807) is 0 Å². The van der Waals surface area contributed by atoms with Crippen LogP contribution >= 0.6 is 0 Å². The highest BCUT2D eigenvalue weighted by molar-refractivity contribution is 5.84. The minimum absolute atomic E-state index is 0.0634. The summed E-state index contributed by atoms with van der Waals surface area (Å²) in [5.41, 5.74) is 0.782. The number of fused-ring (bicyclic) bond motifs is 1. The van der Waals surface area contributed by atoms with E-state index in [-0.39, 0.29) is 12.2 Å². The lowest BCUT2D eigenvalue weighted by atomic mass is 9.92. The molecule has 0 aromatic rings. The molecule has 3 atom stereocenters. The summed E-state index contributed by atoms with van der Waals surface area (Å²) in [7, 11) is 0. The van der Waals surface area contributed by atoms with Crippen LogP contribution in [0.4, 0.5) is 0 Å². The van der Waals surface area contributed by atoms with Crippen LogP contribution in [0.15, 0.2) is 0 Å². The first kappa shape index (κ1) is 17.9. The van der Waals surface area contributed by atoms with Gasteiger partial charge in [-0.3, -0.25) is 4.90 Å². The van der Waals surface area contributed by atoms with Gasteiger partial charge >= 0.3 is 0 Å². The second-order valence-corrected chi connectivity index (χ2v) is 7.97. The van der Waals surface area contributed by atoms with Gasteiger partial charge in [0, 0.05) is 25.2 Å². The van der Waals surface area contributed by atoms with Gasteiger partial charge in [-0.25, -0.2) is 0 Å². The quantitative estimate of drug-likeness (QED) is 0.761. The molecule has 0 unspecified atom stereocenters. The molecule has 0 saturated carbocycles. The van der Waals surface area contributed by atoms with Crippen LogP contribution in [0.25, 0.3) is 0 Å². The maximum Gasteiger partial charge on any atom is 0.163 e. The average molecular weight is 310 g/mol. The van der Waals surface area contributed by atoms with Crippen LogP contribution in [-0.4, -0.2) is 48.2 Å². The maximum atomic E-state index is 8.17. The highest BCUT2D eigenvalue weighted by atomic mass is 16.8. The van der Waals surface area contributed by atoms with Crippen LogP contribution in [0.1, 0.15) is 60.3 Å². The first-order chi connectivity index (χ1) is 10.3. The largest absolute Gasteiger partial charge is 0.344 e. The Morgan fingerprint density at radius 3 is 2.55 bits per heavy atom. The van der Waals surface area contributed by atoms with Crippen molar-refractivity contribution in [2.24, 2.45) is 11.8 Å². The molecule has 0 amide bonds. The van der Waals surface area contributed by atoms with Crippen molar-refractivity contribution in [3.8, 4) is 0 Å². The van der Waals surface area contributed by atoms with Gasteiger partial charge < -0.3 is 14.9 Å². The summed E-state index contributed by atoms with van der Waals surface area (Å²) in [6, 6.07) is 0. The Morgan fingerprint density at radius 2 is 1.86 bits per heavy atom. The summed E-state index contributed by atoms with van der Waals surface area (Å²) in [6.45, 7) is 13.7. The van der Waals surface area contributed by atoms with E-state index in [0.29, 0.717) is 0 Å². The van der Waals surface area contributed by atoms with E-state index in [0.717, 1.165) is 43.6 Å². The zero-order chi connectivity index (χ0) is 16.3. The average Bonchev–Trinajstić information content (AvgIpc) is 2.59. The second kappa shape index (κ2) is 7.41. The SMILES string of the molecule is CC(C)[C@@H](C)CCCCN1CC(=N)C[C@@H]2OC(C)(C)O[C@@H]2C1. The lowest BCUT2D eigenvalue weighted by Crippen LogP contribution is -2.36. The Hall–Kier alpha value is -0.450. The highest BCUT2D eigenvalue weighted by Crippen LogP contribution is 2.32. The fourth-order valence-corrected chi connectivity index (χ4v) is 3.44. The van der Waals surface area contributed by atoms with Crippen molar-refractivity contribution in [3.05, 3.63) is 0 Å². The molecule has 0 aromatic heterocycles. The Labute approximate surface area is 136 Å². The van der Waals surface area contributed by atoms with E-state index in [1.807, 2.05) is 13.8 Å². The third-order valence-electron chi connectivity index (χ3n) is 5.11. The van der Waals surface area contributed by atoms with Gasteiger partial charge in [0.05, 0.1) is 6.10 Å². The summed E-state index contributed by atoms with van der Waals surface area (Å²) in [4.78, 5) is 2.39. The molecule has 0 bridgehead atoms. The van der Waals surface area contributed by atoms with Gasteiger partial charge in [-0.1, -0.05) is 33.6 Å². The molecule has 0 aromatic carbocycles. The summed E-state index contributed by atoms with van der Waals surface area (Å²) in [5.74, 6) is 1.09. The van der Waals surface area contributed by atoms with E-state index < -0.39 is 5.79 Å². The molecule has 0 radical (unpaired) electrons. The van der Waals surface area contributed by atoms with Crippen molar-refractivity contribution >= 4 is 5.71 Å². The highest BCUT2D eigenvalue weighted by Gasteiger charge is 2.43. The molecule has 0 aliphatic carbocycles. The summed E-state index contributed by atoms with van der Waals surface area (Å²) in [5, 5.41) is 8.17. The predicted octanol–water partition coefficient (Wildman–Crippen LogP) is 3.69. The summed E-state index contributed by atoms with van der Waals surface area (Å²) < 4.78 is 12.0. The van der Waals surface area contributed by atoms with Crippen LogP contribution in [0.5, 0.6) is 0 Å². The number of nitrogens with zero attached hydrogens (tertiary/aromatic N) is 1. The summed E-state index contributed by atoms with van der Waals surface area (Å²) in [6.07, 6.45) is 4.70.